The molecule has 0 amide bonds. The van der Waals surface area contributed by atoms with Gasteiger partial charge < -0.3 is 5.32 Å². The number of hydroxylamine groups is 1. The Kier molecular flexibility index (Phi) is 6.24. The van der Waals surface area contributed by atoms with Crippen molar-refractivity contribution in [3.05, 3.63) is 34.2 Å². The van der Waals surface area contributed by atoms with Crippen LogP contribution < -0.4 is 10.8 Å². The van der Waals surface area contributed by atoms with Crippen molar-refractivity contribution in [2.75, 3.05) is 25.0 Å². The standard InChI is InChI=1S/C14H16BrFN6O5S/c15-10-5-9(1-2-11(10)16)18-14(19-23)12-13(21-27-20-12)17-6-8-3-4-22(7-8)28(24,25)26/h1-2,5,8,23H,3-4,6-7H2,(H,17,21)(H,18,19)(H,24,25,26). The first-order chi connectivity index (χ1) is 13.3. The van der Waals surface area contributed by atoms with Crippen molar-refractivity contribution in [1.29, 1.82) is 0 Å². The van der Waals surface area contributed by atoms with Crippen LogP contribution in [0.5, 0.6) is 0 Å². The molecule has 0 saturated carbocycles. The SMILES string of the molecule is O=S(=O)(O)N1CCC(CNc2nonc2C(=Nc2ccc(F)c(Br)c2)NO)C1. The number of amidine groups is 1. The lowest BCUT2D eigenvalue weighted by Gasteiger charge is -2.12. The molecule has 0 radical (unpaired) electrons. The van der Waals surface area contributed by atoms with Crippen molar-refractivity contribution in [3.8, 4) is 0 Å². The van der Waals surface area contributed by atoms with Crippen molar-refractivity contribution in [2.45, 2.75) is 6.42 Å². The van der Waals surface area contributed by atoms with Crippen LogP contribution in [0.2, 0.25) is 0 Å². The van der Waals surface area contributed by atoms with E-state index >= 15 is 0 Å². The minimum Gasteiger partial charge on any atom is -0.365 e. The van der Waals surface area contributed by atoms with Gasteiger partial charge in [0.2, 0.25) is 5.82 Å². The fourth-order valence-electron chi connectivity index (χ4n) is 2.69. The second kappa shape index (κ2) is 8.48. The summed E-state index contributed by atoms with van der Waals surface area (Å²) >= 11 is 3.05. The van der Waals surface area contributed by atoms with E-state index in [0.717, 1.165) is 4.31 Å². The lowest BCUT2D eigenvalue weighted by atomic mass is 10.1. The predicted octanol–water partition coefficient (Wildman–Crippen LogP) is 1.56. The van der Waals surface area contributed by atoms with Gasteiger partial charge in [-0.2, -0.15) is 12.7 Å². The van der Waals surface area contributed by atoms with Crippen LogP contribution >= 0.6 is 15.9 Å². The molecule has 2 aromatic rings. The molecular weight excluding hydrogens is 463 g/mol. The molecule has 1 aromatic carbocycles. The van der Waals surface area contributed by atoms with Gasteiger partial charge in [0.25, 0.3) is 0 Å². The maximum Gasteiger partial charge on any atom is 0.335 e. The molecule has 0 spiro atoms. The average molecular weight is 479 g/mol. The summed E-state index contributed by atoms with van der Waals surface area (Å²) in [5, 5.41) is 19.8. The van der Waals surface area contributed by atoms with Gasteiger partial charge in [0.1, 0.15) is 5.82 Å². The van der Waals surface area contributed by atoms with Crippen molar-refractivity contribution >= 4 is 43.6 Å². The highest BCUT2D eigenvalue weighted by molar-refractivity contribution is 9.10. The van der Waals surface area contributed by atoms with E-state index < -0.39 is 16.1 Å². The second-order valence-corrected chi connectivity index (χ2v) is 8.27. The molecule has 28 heavy (non-hydrogen) atoms. The van der Waals surface area contributed by atoms with Crippen LogP contribution in [0, 0.1) is 11.7 Å². The number of halogens is 2. The summed E-state index contributed by atoms with van der Waals surface area (Å²) in [5.41, 5.74) is 2.31. The predicted molar refractivity (Wildman–Crippen MR) is 99.2 cm³/mol. The third-order valence-electron chi connectivity index (χ3n) is 4.10. The van der Waals surface area contributed by atoms with E-state index in [1.165, 1.54) is 18.2 Å². The van der Waals surface area contributed by atoms with E-state index in [-0.39, 0.29) is 40.8 Å². The number of benzene rings is 1. The van der Waals surface area contributed by atoms with Crippen molar-refractivity contribution in [3.63, 3.8) is 0 Å². The smallest absolute Gasteiger partial charge is 0.335 e. The van der Waals surface area contributed by atoms with Gasteiger partial charge in [-0.15, -0.1) is 0 Å². The quantitative estimate of drug-likeness (QED) is 0.209. The molecule has 14 heteroatoms. The molecule has 1 aromatic heterocycles. The molecule has 3 rings (SSSR count). The molecule has 1 saturated heterocycles. The van der Waals surface area contributed by atoms with Crippen LogP contribution in [0.1, 0.15) is 12.1 Å². The average Bonchev–Trinajstić information content (AvgIpc) is 3.29. The maximum absolute atomic E-state index is 13.3. The molecule has 0 bridgehead atoms. The fraction of sp³-hybridized carbons (Fsp3) is 0.357. The molecule has 1 unspecified atom stereocenters. The molecule has 1 fully saturated rings. The van der Waals surface area contributed by atoms with Crippen LogP contribution in [0.3, 0.4) is 0 Å². The topological polar surface area (TPSA) is 153 Å². The number of nitrogens with one attached hydrogen (secondary N) is 2. The summed E-state index contributed by atoms with van der Waals surface area (Å²) in [6, 6.07) is 4.02. The number of hydrogen-bond donors (Lipinski definition) is 4. The van der Waals surface area contributed by atoms with Crippen LogP contribution in [-0.2, 0) is 10.3 Å². The Balaban J connectivity index is 1.71. The molecular formula is C14H16BrFN6O5S. The first-order valence-corrected chi connectivity index (χ1v) is 10.2. The van der Waals surface area contributed by atoms with Gasteiger partial charge in [-0.05, 0) is 56.8 Å². The Hall–Kier alpha value is -2.13. The zero-order valence-electron chi connectivity index (χ0n) is 14.2. The first kappa shape index (κ1) is 20.6. The second-order valence-electron chi connectivity index (χ2n) is 6.00. The van der Waals surface area contributed by atoms with Gasteiger partial charge >= 0.3 is 10.3 Å². The van der Waals surface area contributed by atoms with Gasteiger partial charge in [0.05, 0.1) is 10.2 Å². The minimum absolute atomic E-state index is 0.0676. The molecule has 2 heterocycles. The largest absolute Gasteiger partial charge is 0.365 e. The van der Waals surface area contributed by atoms with E-state index in [9.17, 15) is 18.0 Å². The molecule has 4 N–H and O–H groups in total. The highest BCUT2D eigenvalue weighted by Gasteiger charge is 2.30. The molecule has 152 valence electrons. The monoisotopic (exact) mass is 478 g/mol. The Morgan fingerprint density at radius 2 is 2.25 bits per heavy atom. The third kappa shape index (κ3) is 4.82. The summed E-state index contributed by atoms with van der Waals surface area (Å²) < 4.78 is 50.6. The summed E-state index contributed by atoms with van der Waals surface area (Å²) in [7, 11) is -4.21. The number of aromatic nitrogens is 2. The number of rotatable bonds is 6. The normalized spacial score (nSPS) is 18.4. The van der Waals surface area contributed by atoms with Crippen molar-refractivity contribution in [1.82, 2.24) is 20.1 Å². The third-order valence-corrected chi connectivity index (χ3v) is 5.69. The highest BCUT2D eigenvalue weighted by Crippen LogP contribution is 2.24. The Morgan fingerprint density at radius 1 is 1.46 bits per heavy atom. The van der Waals surface area contributed by atoms with E-state index in [1.807, 2.05) is 5.48 Å². The van der Waals surface area contributed by atoms with Gasteiger partial charge in [0.15, 0.2) is 11.5 Å². The lowest BCUT2D eigenvalue weighted by molar-refractivity contribution is 0.234. The van der Waals surface area contributed by atoms with Crippen LogP contribution in [0.4, 0.5) is 15.9 Å². The van der Waals surface area contributed by atoms with E-state index in [4.69, 9.17) is 4.55 Å². The van der Waals surface area contributed by atoms with Gasteiger partial charge in [-0.1, -0.05) is 0 Å². The van der Waals surface area contributed by atoms with Crippen LogP contribution in [0.25, 0.3) is 0 Å². The Labute approximate surface area is 167 Å². The molecule has 11 nitrogen and oxygen atoms in total. The van der Waals surface area contributed by atoms with E-state index in [1.54, 1.807) is 0 Å². The van der Waals surface area contributed by atoms with Gasteiger partial charge in [0, 0.05) is 19.6 Å². The van der Waals surface area contributed by atoms with E-state index in [0.29, 0.717) is 18.7 Å². The van der Waals surface area contributed by atoms with Crippen LogP contribution in [-0.4, -0.2) is 58.3 Å². The Bertz CT molecular complexity index is 984. The zero-order valence-corrected chi connectivity index (χ0v) is 16.6. The van der Waals surface area contributed by atoms with Crippen molar-refractivity contribution in [2.24, 2.45) is 10.9 Å². The molecule has 0 aliphatic carbocycles. The summed E-state index contributed by atoms with van der Waals surface area (Å²) in [4.78, 5) is 4.14. The maximum atomic E-state index is 13.3. The number of anilines is 1. The van der Waals surface area contributed by atoms with E-state index in [2.05, 4.69) is 41.2 Å². The molecule has 1 aliphatic rings. The van der Waals surface area contributed by atoms with Crippen LogP contribution in [0.15, 0.2) is 32.3 Å². The molecule has 1 aliphatic heterocycles. The first-order valence-electron chi connectivity index (χ1n) is 8.01. The van der Waals surface area contributed by atoms with Gasteiger partial charge in [-0.25, -0.2) is 14.0 Å². The summed E-state index contributed by atoms with van der Waals surface area (Å²) in [6.45, 7) is 0.711. The molecule has 1 atom stereocenters. The fourth-order valence-corrected chi connectivity index (χ4v) is 3.79. The zero-order chi connectivity index (χ0) is 20.3. The number of hydrogen-bond acceptors (Lipinski definition) is 8. The summed E-state index contributed by atoms with van der Waals surface area (Å²) in [6.07, 6.45) is 0.552. The number of aliphatic imine (C=N–C) groups is 1. The Morgan fingerprint density at radius 3 is 2.89 bits per heavy atom. The highest BCUT2D eigenvalue weighted by atomic mass is 79.9. The lowest BCUT2D eigenvalue weighted by Crippen LogP contribution is -2.29. The van der Waals surface area contributed by atoms with Crippen molar-refractivity contribution < 1.29 is 27.2 Å². The number of nitrogens with zero attached hydrogens (tertiary/aromatic N) is 4. The minimum atomic E-state index is -4.21. The summed E-state index contributed by atoms with van der Waals surface area (Å²) in [5.74, 6) is -0.444. The van der Waals surface area contributed by atoms with Gasteiger partial charge in [-0.3, -0.25) is 15.2 Å².